The molecule has 7 nitrogen and oxygen atoms in total. The molecule has 0 saturated carbocycles. The molecule has 1 aliphatic rings. The van der Waals surface area contributed by atoms with Crippen LogP contribution >= 0.6 is 0 Å². The molecule has 7 heteroatoms. The zero-order chi connectivity index (χ0) is 23.2. The van der Waals surface area contributed by atoms with E-state index in [-0.39, 0.29) is 25.0 Å². The quantitative estimate of drug-likeness (QED) is 0.382. The third kappa shape index (κ3) is 4.93. The molecule has 166 valence electrons. The molecule has 1 aliphatic heterocycles. The summed E-state index contributed by atoms with van der Waals surface area (Å²) in [5, 5.41) is 8.80. The summed E-state index contributed by atoms with van der Waals surface area (Å²) in [6, 6.07) is 24.0. The summed E-state index contributed by atoms with van der Waals surface area (Å²) in [5.74, 6) is -1.05. The van der Waals surface area contributed by atoms with Crippen LogP contribution in [0.1, 0.15) is 28.4 Å². The highest BCUT2D eigenvalue weighted by Gasteiger charge is 2.28. The first kappa shape index (κ1) is 21.8. The zero-order valence-corrected chi connectivity index (χ0v) is 18.1. The van der Waals surface area contributed by atoms with Crippen LogP contribution in [0.2, 0.25) is 0 Å². The molecule has 2 amide bonds. The molecule has 0 aliphatic carbocycles. The Kier molecular flexibility index (Phi) is 6.50. The van der Waals surface area contributed by atoms with Crippen LogP contribution in [0.5, 0.6) is 0 Å². The van der Waals surface area contributed by atoms with Gasteiger partial charge < -0.3 is 20.7 Å². The number of anilines is 2. The minimum Gasteiger partial charge on any atom is -0.465 e. The van der Waals surface area contributed by atoms with E-state index in [1.807, 2.05) is 54.6 Å². The predicted octanol–water partition coefficient (Wildman–Crippen LogP) is 3.91. The third-order valence-corrected chi connectivity index (χ3v) is 5.10. The molecule has 3 aromatic carbocycles. The number of carbonyl (C=O) groups excluding carboxylic acids is 3. The van der Waals surface area contributed by atoms with Crippen molar-refractivity contribution in [1.82, 2.24) is 5.32 Å². The van der Waals surface area contributed by atoms with Gasteiger partial charge in [0.25, 0.3) is 11.8 Å². The van der Waals surface area contributed by atoms with Crippen LogP contribution in [-0.4, -0.2) is 30.9 Å². The first-order chi connectivity index (χ1) is 16.1. The number of nitrogens with one attached hydrogen (secondary N) is 3. The Morgan fingerprint density at radius 1 is 0.879 bits per heavy atom. The zero-order valence-electron chi connectivity index (χ0n) is 18.1. The second-order valence-corrected chi connectivity index (χ2v) is 7.31. The van der Waals surface area contributed by atoms with Gasteiger partial charge in [-0.1, -0.05) is 48.5 Å². The molecule has 3 aromatic rings. The number of para-hydroxylation sites is 1. The molecule has 0 atom stereocenters. The summed E-state index contributed by atoms with van der Waals surface area (Å²) >= 11 is 0. The van der Waals surface area contributed by atoms with Crippen molar-refractivity contribution in [3.63, 3.8) is 0 Å². The van der Waals surface area contributed by atoms with Gasteiger partial charge in [-0.05, 0) is 42.8 Å². The Labute approximate surface area is 191 Å². The van der Waals surface area contributed by atoms with Crippen molar-refractivity contribution in [3.05, 3.63) is 95.6 Å². The largest absolute Gasteiger partial charge is 0.465 e. The Balaban J connectivity index is 1.61. The van der Waals surface area contributed by atoms with E-state index in [1.165, 1.54) is 0 Å². The first-order valence-corrected chi connectivity index (χ1v) is 10.6. The van der Waals surface area contributed by atoms with Crippen LogP contribution in [0.15, 0.2) is 78.9 Å². The maximum Gasteiger partial charge on any atom is 0.325 e. The minimum atomic E-state index is -0.488. The summed E-state index contributed by atoms with van der Waals surface area (Å²) in [6.07, 6.45) is 0. The van der Waals surface area contributed by atoms with E-state index in [0.717, 1.165) is 16.8 Å². The number of benzene rings is 3. The standard InChI is InChI=1S/C26H23N3O4/c1-2-33-22(30)16-27-25(31)18-12-14-19(15-13-18)28-24(17-8-4-3-5-9-17)23-20-10-6-7-11-21(20)29-26(23)32/h3-15,28H,2,16H2,1H3,(H,27,31)(H,29,32)/b24-23-. The fourth-order valence-electron chi connectivity index (χ4n) is 3.57. The number of rotatable bonds is 7. The van der Waals surface area contributed by atoms with Gasteiger partial charge in [-0.15, -0.1) is 0 Å². The number of hydrogen-bond donors (Lipinski definition) is 3. The summed E-state index contributed by atoms with van der Waals surface area (Å²) in [6.45, 7) is 1.78. The van der Waals surface area contributed by atoms with Crippen LogP contribution in [0.3, 0.4) is 0 Å². The van der Waals surface area contributed by atoms with Crippen molar-refractivity contribution < 1.29 is 19.1 Å². The van der Waals surface area contributed by atoms with Crippen molar-refractivity contribution in [2.75, 3.05) is 23.8 Å². The van der Waals surface area contributed by atoms with E-state index < -0.39 is 5.97 Å². The molecule has 1 heterocycles. The molecule has 0 aromatic heterocycles. The molecular weight excluding hydrogens is 418 g/mol. The molecule has 0 radical (unpaired) electrons. The average molecular weight is 441 g/mol. The third-order valence-electron chi connectivity index (χ3n) is 5.10. The van der Waals surface area contributed by atoms with Crippen molar-refractivity contribution in [3.8, 4) is 0 Å². The number of carbonyl (C=O) groups is 3. The normalized spacial score (nSPS) is 13.5. The summed E-state index contributed by atoms with van der Waals surface area (Å²) < 4.78 is 4.81. The van der Waals surface area contributed by atoms with Crippen molar-refractivity contribution >= 4 is 40.4 Å². The lowest BCUT2D eigenvalue weighted by Gasteiger charge is -2.15. The monoisotopic (exact) mass is 441 g/mol. The lowest BCUT2D eigenvalue weighted by molar-refractivity contribution is -0.141. The Morgan fingerprint density at radius 2 is 1.58 bits per heavy atom. The fraction of sp³-hybridized carbons (Fsp3) is 0.115. The fourth-order valence-corrected chi connectivity index (χ4v) is 3.57. The van der Waals surface area contributed by atoms with Crippen LogP contribution in [0.25, 0.3) is 11.3 Å². The highest BCUT2D eigenvalue weighted by Crippen LogP contribution is 2.37. The highest BCUT2D eigenvalue weighted by molar-refractivity contribution is 6.37. The molecule has 0 unspecified atom stereocenters. The number of esters is 1. The number of fused-ring (bicyclic) bond motifs is 1. The molecular formula is C26H23N3O4. The number of amides is 2. The van der Waals surface area contributed by atoms with E-state index in [4.69, 9.17) is 4.74 Å². The highest BCUT2D eigenvalue weighted by atomic mass is 16.5. The topological polar surface area (TPSA) is 96.5 Å². The van der Waals surface area contributed by atoms with Crippen LogP contribution < -0.4 is 16.0 Å². The van der Waals surface area contributed by atoms with Gasteiger partial charge in [0.2, 0.25) is 0 Å². The number of ether oxygens (including phenoxy) is 1. The van der Waals surface area contributed by atoms with Gasteiger partial charge in [0.05, 0.1) is 17.9 Å². The van der Waals surface area contributed by atoms with Crippen molar-refractivity contribution in [2.45, 2.75) is 6.92 Å². The van der Waals surface area contributed by atoms with Gasteiger partial charge in [0, 0.05) is 22.5 Å². The predicted molar refractivity (Wildman–Crippen MR) is 127 cm³/mol. The van der Waals surface area contributed by atoms with Gasteiger partial charge in [-0.3, -0.25) is 14.4 Å². The Morgan fingerprint density at radius 3 is 2.30 bits per heavy atom. The van der Waals surface area contributed by atoms with Crippen molar-refractivity contribution in [2.24, 2.45) is 0 Å². The molecule has 4 rings (SSSR count). The molecule has 0 saturated heterocycles. The SMILES string of the molecule is CCOC(=O)CNC(=O)c1ccc(N/C(=C2\C(=O)Nc3ccccc32)c2ccccc2)cc1. The second kappa shape index (κ2) is 9.82. The van der Waals surface area contributed by atoms with Crippen LogP contribution in [0, 0.1) is 0 Å². The summed E-state index contributed by atoms with van der Waals surface area (Å²) in [5.41, 5.74) is 4.77. The lowest BCUT2D eigenvalue weighted by Crippen LogP contribution is -2.30. The van der Waals surface area contributed by atoms with Gasteiger partial charge in [-0.2, -0.15) is 0 Å². The number of hydrogen-bond acceptors (Lipinski definition) is 5. The molecule has 0 spiro atoms. The van der Waals surface area contributed by atoms with Crippen molar-refractivity contribution in [1.29, 1.82) is 0 Å². The maximum atomic E-state index is 12.9. The van der Waals surface area contributed by atoms with E-state index in [9.17, 15) is 14.4 Å². The first-order valence-electron chi connectivity index (χ1n) is 10.6. The van der Waals surface area contributed by atoms with Crippen LogP contribution in [-0.2, 0) is 14.3 Å². The Bertz CT molecular complexity index is 1220. The smallest absolute Gasteiger partial charge is 0.325 e. The Hall–Kier alpha value is -4.39. The minimum absolute atomic E-state index is 0.183. The van der Waals surface area contributed by atoms with E-state index >= 15 is 0 Å². The summed E-state index contributed by atoms with van der Waals surface area (Å²) in [7, 11) is 0. The summed E-state index contributed by atoms with van der Waals surface area (Å²) in [4.78, 5) is 36.6. The maximum absolute atomic E-state index is 12.9. The molecule has 33 heavy (non-hydrogen) atoms. The molecule has 0 fully saturated rings. The lowest BCUT2D eigenvalue weighted by atomic mass is 10.00. The van der Waals surface area contributed by atoms with Gasteiger partial charge in [-0.25, -0.2) is 0 Å². The van der Waals surface area contributed by atoms with E-state index in [2.05, 4.69) is 16.0 Å². The van der Waals surface area contributed by atoms with Gasteiger partial charge in [0.15, 0.2) is 0 Å². The van der Waals surface area contributed by atoms with Gasteiger partial charge >= 0.3 is 5.97 Å². The average Bonchev–Trinajstić information content (AvgIpc) is 3.17. The van der Waals surface area contributed by atoms with Crippen LogP contribution in [0.4, 0.5) is 11.4 Å². The van der Waals surface area contributed by atoms with E-state index in [1.54, 1.807) is 31.2 Å². The van der Waals surface area contributed by atoms with Gasteiger partial charge in [0.1, 0.15) is 6.54 Å². The second-order valence-electron chi connectivity index (χ2n) is 7.31. The molecule has 3 N–H and O–H groups in total. The van der Waals surface area contributed by atoms with E-state index in [0.29, 0.717) is 22.5 Å². The molecule has 0 bridgehead atoms.